The van der Waals surface area contributed by atoms with E-state index in [0.717, 1.165) is 16.6 Å². The van der Waals surface area contributed by atoms with Gasteiger partial charge in [0.1, 0.15) is 11.5 Å². The van der Waals surface area contributed by atoms with Crippen LogP contribution in [0.4, 0.5) is 0 Å². The van der Waals surface area contributed by atoms with Gasteiger partial charge in [-0.1, -0.05) is 6.92 Å². The van der Waals surface area contributed by atoms with Gasteiger partial charge in [-0.2, -0.15) is 0 Å². The summed E-state index contributed by atoms with van der Waals surface area (Å²) in [6.07, 6.45) is 0.951. The minimum Gasteiger partial charge on any atom is -0.464 e. The monoisotopic (exact) mass is 265 g/mol. The number of hydrogen-bond acceptors (Lipinski definition) is 4. The normalized spacial score (nSPS) is 10.8. The van der Waals surface area contributed by atoms with Crippen LogP contribution < -0.4 is 0 Å². The number of aryl methyl sites for hydroxylation is 1. The lowest BCUT2D eigenvalue weighted by Gasteiger charge is -2.06. The van der Waals surface area contributed by atoms with Gasteiger partial charge in [-0.05, 0) is 25.5 Å². The lowest BCUT2D eigenvalue weighted by Crippen LogP contribution is -2.14. The van der Waals surface area contributed by atoms with Crippen molar-refractivity contribution < 1.29 is 14.3 Å². The zero-order valence-electron chi connectivity index (χ0n) is 10.6. The average molecular weight is 265 g/mol. The van der Waals surface area contributed by atoms with Crippen molar-refractivity contribution in [2.75, 3.05) is 7.11 Å². The Balaban J connectivity index is 2.59. The number of Topliss-reactive ketones (excluding diaryl/α,β-unsaturated/α-hetero) is 1. The number of carbonyl (C=O) groups excluding carboxylic acids is 2. The molecule has 0 aromatic carbocycles. The molecule has 96 valence electrons. The summed E-state index contributed by atoms with van der Waals surface area (Å²) in [6.45, 7) is 3.80. The van der Waals surface area contributed by atoms with Crippen molar-refractivity contribution in [1.29, 1.82) is 0 Å². The first kappa shape index (κ1) is 12.8. The molecule has 0 spiro atoms. The molecule has 0 bridgehead atoms. The SMILES string of the molecule is CCc1cc2c(cc(C(=O)OC)n2CC(C)=O)s1. The predicted molar refractivity (Wildman–Crippen MR) is 71.2 cm³/mol. The number of rotatable bonds is 4. The number of esters is 1. The highest BCUT2D eigenvalue weighted by Crippen LogP contribution is 2.29. The molecule has 0 unspecified atom stereocenters. The van der Waals surface area contributed by atoms with E-state index in [1.54, 1.807) is 22.0 Å². The van der Waals surface area contributed by atoms with E-state index in [2.05, 4.69) is 6.92 Å². The van der Waals surface area contributed by atoms with Crippen LogP contribution in [0.2, 0.25) is 0 Å². The van der Waals surface area contributed by atoms with Crippen molar-refractivity contribution in [3.8, 4) is 0 Å². The quantitative estimate of drug-likeness (QED) is 0.798. The van der Waals surface area contributed by atoms with Crippen LogP contribution in [0.5, 0.6) is 0 Å². The second-order valence-corrected chi connectivity index (χ2v) is 5.29. The molecule has 0 aliphatic carbocycles. The molecule has 18 heavy (non-hydrogen) atoms. The van der Waals surface area contributed by atoms with E-state index in [0.29, 0.717) is 5.69 Å². The molecule has 4 nitrogen and oxygen atoms in total. The number of fused-ring (bicyclic) bond motifs is 1. The summed E-state index contributed by atoms with van der Waals surface area (Å²) in [7, 11) is 1.35. The van der Waals surface area contributed by atoms with Gasteiger partial charge in [-0.15, -0.1) is 11.3 Å². The number of hydrogen-bond donors (Lipinski definition) is 0. The van der Waals surface area contributed by atoms with Gasteiger partial charge < -0.3 is 9.30 Å². The Morgan fingerprint density at radius 1 is 1.39 bits per heavy atom. The molecule has 0 atom stereocenters. The number of aromatic nitrogens is 1. The van der Waals surface area contributed by atoms with E-state index in [4.69, 9.17) is 4.74 Å². The fourth-order valence-corrected chi connectivity index (χ4v) is 2.98. The Bertz CT molecular complexity index is 609. The van der Waals surface area contributed by atoms with Crippen molar-refractivity contribution in [1.82, 2.24) is 4.57 Å². The van der Waals surface area contributed by atoms with Gasteiger partial charge >= 0.3 is 5.97 Å². The van der Waals surface area contributed by atoms with E-state index in [1.807, 2.05) is 6.07 Å². The summed E-state index contributed by atoms with van der Waals surface area (Å²) < 4.78 is 7.50. The van der Waals surface area contributed by atoms with Crippen LogP contribution in [-0.2, 0) is 22.5 Å². The maximum atomic E-state index is 11.7. The van der Waals surface area contributed by atoms with Crippen LogP contribution in [0.3, 0.4) is 0 Å². The third-order valence-electron chi connectivity index (χ3n) is 2.76. The molecular weight excluding hydrogens is 250 g/mol. The zero-order chi connectivity index (χ0) is 13.3. The fraction of sp³-hybridized carbons (Fsp3) is 0.385. The first-order valence-corrected chi connectivity index (χ1v) is 6.58. The molecule has 0 saturated carbocycles. The van der Waals surface area contributed by atoms with Crippen LogP contribution in [0.25, 0.3) is 10.2 Å². The molecule has 0 aliphatic heterocycles. The van der Waals surface area contributed by atoms with Crippen molar-refractivity contribution in [3.05, 3.63) is 22.7 Å². The summed E-state index contributed by atoms with van der Waals surface area (Å²) in [5, 5.41) is 0. The molecule has 0 radical (unpaired) electrons. The van der Waals surface area contributed by atoms with Gasteiger partial charge in [0.05, 0.1) is 23.9 Å². The number of methoxy groups -OCH3 is 1. The van der Waals surface area contributed by atoms with E-state index in [1.165, 1.54) is 18.9 Å². The molecule has 0 aliphatic rings. The molecule has 2 rings (SSSR count). The maximum absolute atomic E-state index is 11.7. The van der Waals surface area contributed by atoms with Crippen molar-refractivity contribution in [2.45, 2.75) is 26.8 Å². The number of carbonyl (C=O) groups is 2. The lowest BCUT2D eigenvalue weighted by atomic mass is 10.3. The summed E-state index contributed by atoms with van der Waals surface area (Å²) in [5.41, 5.74) is 1.38. The minimum atomic E-state index is -0.405. The average Bonchev–Trinajstić information content (AvgIpc) is 2.87. The van der Waals surface area contributed by atoms with Gasteiger partial charge in [-0.3, -0.25) is 4.79 Å². The Kier molecular flexibility index (Phi) is 3.52. The number of ketones is 1. The van der Waals surface area contributed by atoms with E-state index < -0.39 is 5.97 Å². The first-order valence-electron chi connectivity index (χ1n) is 5.76. The molecule has 5 heteroatoms. The zero-order valence-corrected chi connectivity index (χ0v) is 11.5. The second-order valence-electron chi connectivity index (χ2n) is 4.13. The summed E-state index contributed by atoms with van der Waals surface area (Å²) >= 11 is 1.65. The van der Waals surface area contributed by atoms with Gasteiger partial charge in [0, 0.05) is 4.88 Å². The van der Waals surface area contributed by atoms with Crippen LogP contribution >= 0.6 is 11.3 Å². The third kappa shape index (κ3) is 2.18. The number of nitrogens with zero attached hydrogens (tertiary/aromatic N) is 1. The van der Waals surface area contributed by atoms with E-state index in [9.17, 15) is 9.59 Å². The van der Waals surface area contributed by atoms with Crippen LogP contribution in [-0.4, -0.2) is 23.4 Å². The van der Waals surface area contributed by atoms with Gasteiger partial charge in [0.2, 0.25) is 0 Å². The predicted octanol–water partition coefficient (Wildman–Crippen LogP) is 2.64. The largest absolute Gasteiger partial charge is 0.464 e. The maximum Gasteiger partial charge on any atom is 0.354 e. The molecule has 2 aromatic heterocycles. The van der Waals surface area contributed by atoms with Crippen LogP contribution in [0.15, 0.2) is 12.1 Å². The van der Waals surface area contributed by atoms with E-state index >= 15 is 0 Å². The molecule has 0 saturated heterocycles. The van der Waals surface area contributed by atoms with Crippen molar-refractivity contribution >= 4 is 33.3 Å². The Morgan fingerprint density at radius 2 is 2.11 bits per heavy atom. The topological polar surface area (TPSA) is 48.3 Å². The Labute approximate surface area is 109 Å². The summed E-state index contributed by atoms with van der Waals surface area (Å²) in [6, 6.07) is 3.84. The summed E-state index contributed by atoms with van der Waals surface area (Å²) in [4.78, 5) is 24.3. The highest BCUT2D eigenvalue weighted by Gasteiger charge is 2.18. The fourth-order valence-electron chi connectivity index (χ4n) is 1.93. The smallest absolute Gasteiger partial charge is 0.354 e. The van der Waals surface area contributed by atoms with Crippen LogP contribution in [0, 0.1) is 0 Å². The Hall–Kier alpha value is -1.62. The second kappa shape index (κ2) is 4.94. The third-order valence-corrected chi connectivity index (χ3v) is 3.98. The number of ether oxygens (including phenoxy) is 1. The minimum absolute atomic E-state index is 0.0156. The molecule has 2 aromatic rings. The van der Waals surface area contributed by atoms with Crippen molar-refractivity contribution in [2.24, 2.45) is 0 Å². The van der Waals surface area contributed by atoms with Crippen molar-refractivity contribution in [3.63, 3.8) is 0 Å². The standard InChI is InChI=1S/C13H15NO3S/c1-4-9-5-10-12(18-9)6-11(13(16)17-3)14(10)7-8(2)15/h5-6H,4,7H2,1-3H3. The first-order chi connectivity index (χ1) is 8.56. The molecule has 0 amide bonds. The van der Waals surface area contributed by atoms with E-state index in [-0.39, 0.29) is 12.3 Å². The van der Waals surface area contributed by atoms with Gasteiger partial charge in [0.15, 0.2) is 0 Å². The molecular formula is C13H15NO3S. The highest BCUT2D eigenvalue weighted by molar-refractivity contribution is 7.19. The highest BCUT2D eigenvalue weighted by atomic mass is 32.1. The Morgan fingerprint density at radius 3 is 2.67 bits per heavy atom. The molecule has 0 fully saturated rings. The molecule has 2 heterocycles. The van der Waals surface area contributed by atoms with Gasteiger partial charge in [-0.25, -0.2) is 4.79 Å². The summed E-state index contributed by atoms with van der Waals surface area (Å²) in [5.74, 6) is -0.389. The lowest BCUT2D eigenvalue weighted by molar-refractivity contribution is -0.117. The van der Waals surface area contributed by atoms with Gasteiger partial charge in [0.25, 0.3) is 0 Å². The van der Waals surface area contributed by atoms with Crippen LogP contribution in [0.1, 0.15) is 29.2 Å². The number of thiophene rings is 1. The molecule has 0 N–H and O–H groups in total.